The fourth-order valence-corrected chi connectivity index (χ4v) is 3.66. The molecule has 1 heterocycles. The molecule has 0 atom stereocenters. The molecule has 168 valence electrons. The van der Waals surface area contributed by atoms with Gasteiger partial charge >= 0.3 is 5.97 Å². The van der Waals surface area contributed by atoms with Crippen LogP contribution in [0.2, 0.25) is 0 Å². The van der Waals surface area contributed by atoms with E-state index in [1.807, 2.05) is 12.1 Å². The van der Waals surface area contributed by atoms with E-state index in [0.717, 1.165) is 0 Å². The first-order chi connectivity index (χ1) is 15.9. The lowest BCUT2D eigenvalue weighted by atomic mass is 10.1. The van der Waals surface area contributed by atoms with Crippen molar-refractivity contribution in [2.45, 2.75) is 6.92 Å². The van der Waals surface area contributed by atoms with Crippen LogP contribution in [0.5, 0.6) is 28.7 Å². The van der Waals surface area contributed by atoms with Crippen LogP contribution < -0.4 is 24.4 Å². The Morgan fingerprint density at radius 3 is 2.24 bits per heavy atom. The molecule has 0 aliphatic carbocycles. The van der Waals surface area contributed by atoms with Crippen LogP contribution in [0.4, 0.5) is 0 Å². The number of aryl methyl sites for hydroxylation is 1. The van der Waals surface area contributed by atoms with Gasteiger partial charge in [0.1, 0.15) is 39.9 Å². The van der Waals surface area contributed by atoms with Crippen molar-refractivity contribution in [2.75, 3.05) is 14.2 Å². The molecule has 0 amide bonds. The molecule has 0 aliphatic rings. The molecule has 33 heavy (non-hydrogen) atoms. The number of rotatable bonds is 6. The Balaban J connectivity index is 1.68. The SMILES string of the molecule is COc1cccc(OC)c1C(=O)Oc1ccc2c(=O)c(Oc3ccccc3Br)c(C)oc2c1. The Hall–Kier alpha value is -3.78. The number of carbonyl (C=O) groups is 1. The summed E-state index contributed by atoms with van der Waals surface area (Å²) in [4.78, 5) is 25.9. The number of esters is 1. The van der Waals surface area contributed by atoms with Crippen molar-refractivity contribution in [1.82, 2.24) is 0 Å². The number of benzene rings is 3. The summed E-state index contributed by atoms with van der Waals surface area (Å²) in [5.74, 6) is 1.02. The first kappa shape index (κ1) is 22.4. The van der Waals surface area contributed by atoms with E-state index in [2.05, 4.69) is 15.9 Å². The molecule has 1 aromatic heterocycles. The van der Waals surface area contributed by atoms with Gasteiger partial charge < -0.3 is 23.4 Å². The van der Waals surface area contributed by atoms with Crippen LogP contribution in [0.3, 0.4) is 0 Å². The number of carbonyl (C=O) groups excluding carboxylic acids is 1. The van der Waals surface area contributed by atoms with Crippen LogP contribution in [-0.2, 0) is 0 Å². The maximum absolute atomic E-state index is 13.0. The molecule has 4 aromatic rings. The average Bonchev–Trinajstić information content (AvgIpc) is 2.82. The van der Waals surface area contributed by atoms with E-state index < -0.39 is 5.97 Å². The van der Waals surface area contributed by atoms with Crippen molar-refractivity contribution < 1.29 is 28.2 Å². The molecule has 7 nitrogen and oxygen atoms in total. The summed E-state index contributed by atoms with van der Waals surface area (Å²) in [6.45, 7) is 1.63. The van der Waals surface area contributed by atoms with Gasteiger partial charge in [0.15, 0.2) is 0 Å². The van der Waals surface area contributed by atoms with Crippen LogP contribution in [0.25, 0.3) is 11.0 Å². The first-order valence-corrected chi connectivity index (χ1v) is 10.6. The van der Waals surface area contributed by atoms with E-state index in [4.69, 9.17) is 23.4 Å². The molecule has 3 aromatic carbocycles. The van der Waals surface area contributed by atoms with E-state index in [-0.39, 0.29) is 39.2 Å². The molecule has 0 unspecified atom stereocenters. The summed E-state index contributed by atoms with van der Waals surface area (Å²) in [7, 11) is 2.90. The molecule has 0 aliphatic heterocycles. The smallest absolute Gasteiger partial charge is 0.351 e. The second-order valence-electron chi connectivity index (χ2n) is 6.93. The average molecular weight is 511 g/mol. The molecule has 0 fully saturated rings. The lowest BCUT2D eigenvalue weighted by Gasteiger charge is -2.13. The van der Waals surface area contributed by atoms with Crippen molar-refractivity contribution >= 4 is 32.9 Å². The van der Waals surface area contributed by atoms with Crippen LogP contribution in [0, 0.1) is 6.92 Å². The Bertz CT molecular complexity index is 1390. The maximum Gasteiger partial charge on any atom is 0.351 e. The Morgan fingerprint density at radius 2 is 1.58 bits per heavy atom. The van der Waals surface area contributed by atoms with Gasteiger partial charge in [-0.3, -0.25) is 4.79 Å². The Morgan fingerprint density at radius 1 is 0.909 bits per heavy atom. The van der Waals surface area contributed by atoms with Crippen molar-refractivity contribution in [3.05, 3.63) is 86.7 Å². The van der Waals surface area contributed by atoms with E-state index in [1.165, 1.54) is 32.4 Å². The highest BCUT2D eigenvalue weighted by molar-refractivity contribution is 9.10. The van der Waals surface area contributed by atoms with Gasteiger partial charge in [-0.25, -0.2) is 4.79 Å². The third kappa shape index (κ3) is 4.42. The highest BCUT2D eigenvalue weighted by Gasteiger charge is 2.21. The molecule has 0 bridgehead atoms. The predicted octanol–water partition coefficient (Wildman–Crippen LogP) is 5.89. The van der Waals surface area contributed by atoms with Crippen molar-refractivity contribution in [1.29, 1.82) is 0 Å². The van der Waals surface area contributed by atoms with Crippen LogP contribution >= 0.6 is 15.9 Å². The van der Waals surface area contributed by atoms with Crippen LogP contribution in [0.1, 0.15) is 16.1 Å². The molecular weight excluding hydrogens is 492 g/mol. The number of hydrogen-bond acceptors (Lipinski definition) is 7. The van der Waals surface area contributed by atoms with Gasteiger partial charge in [0.2, 0.25) is 11.2 Å². The van der Waals surface area contributed by atoms with Crippen LogP contribution in [0.15, 0.2) is 74.3 Å². The molecule has 0 radical (unpaired) electrons. The van der Waals surface area contributed by atoms with Gasteiger partial charge in [-0.15, -0.1) is 0 Å². The number of para-hydroxylation sites is 1. The summed E-state index contributed by atoms with van der Waals surface area (Å²) in [6, 6.07) is 16.7. The zero-order chi connectivity index (χ0) is 23.5. The fourth-order valence-electron chi connectivity index (χ4n) is 3.30. The minimum atomic E-state index is -0.670. The van der Waals surface area contributed by atoms with E-state index in [9.17, 15) is 9.59 Å². The van der Waals surface area contributed by atoms with Gasteiger partial charge in [-0.05, 0) is 59.3 Å². The second-order valence-corrected chi connectivity index (χ2v) is 7.79. The third-order valence-electron chi connectivity index (χ3n) is 4.88. The lowest BCUT2D eigenvalue weighted by molar-refractivity contribution is 0.0727. The summed E-state index contributed by atoms with van der Waals surface area (Å²) >= 11 is 3.40. The quantitative estimate of drug-likeness (QED) is 0.236. The number of fused-ring (bicyclic) bond motifs is 1. The fraction of sp³-hybridized carbons (Fsp3) is 0.120. The second kappa shape index (κ2) is 9.38. The number of hydrogen-bond donors (Lipinski definition) is 0. The zero-order valence-electron chi connectivity index (χ0n) is 18.0. The van der Waals surface area contributed by atoms with Gasteiger partial charge in [-0.1, -0.05) is 18.2 Å². The number of halogens is 1. The monoisotopic (exact) mass is 510 g/mol. The molecule has 0 saturated heterocycles. The minimum absolute atomic E-state index is 0.0814. The standard InChI is InChI=1S/C25H19BrO7/c1-14-24(33-18-8-5-4-7-17(18)26)23(27)16-12-11-15(13-21(16)31-14)32-25(28)22-19(29-2)9-6-10-20(22)30-3/h4-13H,1-3H3. The van der Waals surface area contributed by atoms with Gasteiger partial charge in [0, 0.05) is 6.07 Å². The third-order valence-corrected chi connectivity index (χ3v) is 5.53. The van der Waals surface area contributed by atoms with Crippen molar-refractivity contribution in [3.63, 3.8) is 0 Å². The van der Waals surface area contributed by atoms with Crippen molar-refractivity contribution in [3.8, 4) is 28.7 Å². The summed E-state index contributed by atoms with van der Waals surface area (Å²) in [5, 5.41) is 0.289. The van der Waals surface area contributed by atoms with Crippen molar-refractivity contribution in [2.24, 2.45) is 0 Å². The highest BCUT2D eigenvalue weighted by Crippen LogP contribution is 2.33. The Kier molecular flexibility index (Phi) is 6.37. The topological polar surface area (TPSA) is 84.2 Å². The maximum atomic E-state index is 13.0. The van der Waals surface area contributed by atoms with Crippen LogP contribution in [-0.4, -0.2) is 20.2 Å². The van der Waals surface area contributed by atoms with Gasteiger partial charge in [0.25, 0.3) is 0 Å². The summed E-state index contributed by atoms with van der Waals surface area (Å²) in [6.07, 6.45) is 0. The zero-order valence-corrected chi connectivity index (χ0v) is 19.6. The molecule has 8 heteroatoms. The molecular formula is C25H19BrO7. The normalized spacial score (nSPS) is 10.7. The number of methoxy groups -OCH3 is 2. The van der Waals surface area contributed by atoms with E-state index in [1.54, 1.807) is 37.3 Å². The van der Waals surface area contributed by atoms with Gasteiger partial charge in [0.05, 0.1) is 24.1 Å². The number of ether oxygens (including phenoxy) is 4. The largest absolute Gasteiger partial charge is 0.496 e. The lowest BCUT2D eigenvalue weighted by Crippen LogP contribution is -2.12. The van der Waals surface area contributed by atoms with Gasteiger partial charge in [-0.2, -0.15) is 0 Å². The molecule has 0 spiro atoms. The van der Waals surface area contributed by atoms with E-state index >= 15 is 0 Å². The van der Waals surface area contributed by atoms with E-state index in [0.29, 0.717) is 21.7 Å². The first-order valence-electron chi connectivity index (χ1n) is 9.86. The summed E-state index contributed by atoms with van der Waals surface area (Å²) < 4.78 is 28.4. The minimum Gasteiger partial charge on any atom is -0.496 e. The molecule has 0 N–H and O–H groups in total. The molecule has 0 saturated carbocycles. The Labute approximate surface area is 197 Å². The predicted molar refractivity (Wildman–Crippen MR) is 126 cm³/mol. The summed E-state index contributed by atoms with van der Waals surface area (Å²) in [5.41, 5.74) is 0.0699. The highest BCUT2D eigenvalue weighted by atomic mass is 79.9. The molecule has 4 rings (SSSR count).